The molecule has 0 aliphatic rings. The first-order chi connectivity index (χ1) is 11.4. The fourth-order valence-corrected chi connectivity index (χ4v) is 2.20. The average Bonchev–Trinajstić information content (AvgIpc) is 2.55. The van der Waals surface area contributed by atoms with Crippen LogP contribution in [0.15, 0.2) is 42.5 Å². The lowest BCUT2D eigenvalue weighted by Crippen LogP contribution is -2.31. The normalized spacial score (nSPS) is 11.5. The number of nitro groups is 1. The van der Waals surface area contributed by atoms with Gasteiger partial charge in [0, 0.05) is 23.5 Å². The summed E-state index contributed by atoms with van der Waals surface area (Å²) in [5.41, 5.74) is 2.25. The average molecular weight is 329 g/mol. The van der Waals surface area contributed by atoms with Crippen molar-refractivity contribution in [3.63, 3.8) is 0 Å². The largest absolute Gasteiger partial charge is 0.496 e. The summed E-state index contributed by atoms with van der Waals surface area (Å²) in [4.78, 5) is 22.3. The van der Waals surface area contributed by atoms with E-state index >= 15 is 0 Å². The van der Waals surface area contributed by atoms with Crippen molar-refractivity contribution in [3.8, 4) is 5.75 Å². The van der Waals surface area contributed by atoms with Crippen molar-refractivity contribution in [2.45, 2.75) is 19.9 Å². The number of ether oxygens (including phenoxy) is 1. The predicted octanol–water partition coefficient (Wildman–Crippen LogP) is 3.35. The molecule has 0 spiro atoms. The van der Waals surface area contributed by atoms with E-state index in [0.717, 1.165) is 17.0 Å². The van der Waals surface area contributed by atoms with Crippen molar-refractivity contribution in [2.24, 2.45) is 0 Å². The van der Waals surface area contributed by atoms with Gasteiger partial charge in [-0.15, -0.1) is 0 Å². The molecule has 0 saturated heterocycles. The Hall–Kier alpha value is -3.09. The van der Waals surface area contributed by atoms with E-state index in [9.17, 15) is 14.9 Å². The van der Waals surface area contributed by atoms with E-state index in [0.29, 0.717) is 5.69 Å². The third kappa shape index (κ3) is 4.22. The van der Waals surface area contributed by atoms with Gasteiger partial charge in [-0.05, 0) is 49.7 Å². The molecule has 0 aromatic heterocycles. The Morgan fingerprint density at radius 1 is 1.17 bits per heavy atom. The second kappa shape index (κ2) is 7.45. The van der Waals surface area contributed by atoms with Gasteiger partial charge < -0.3 is 15.4 Å². The van der Waals surface area contributed by atoms with Crippen LogP contribution in [0, 0.1) is 17.0 Å². The van der Waals surface area contributed by atoms with Gasteiger partial charge in [-0.3, -0.25) is 14.9 Å². The first kappa shape index (κ1) is 17.3. The smallest absolute Gasteiger partial charge is 0.269 e. The van der Waals surface area contributed by atoms with E-state index in [1.165, 1.54) is 24.3 Å². The number of benzene rings is 2. The topological polar surface area (TPSA) is 93.5 Å². The molecule has 0 aliphatic heterocycles. The molecule has 0 bridgehead atoms. The molecule has 2 rings (SSSR count). The Balaban J connectivity index is 1.99. The van der Waals surface area contributed by atoms with Gasteiger partial charge in [-0.25, -0.2) is 0 Å². The first-order valence-corrected chi connectivity index (χ1v) is 7.37. The molecule has 7 nitrogen and oxygen atoms in total. The molecule has 0 fully saturated rings. The standard InChI is InChI=1S/C17H19N3O4/c1-11-10-14(6-9-16(11)24-3)18-12(2)17(21)19-13-4-7-15(8-5-13)20(22)23/h4-10,12,18H,1-3H3,(H,19,21). The van der Waals surface area contributed by atoms with Crippen LogP contribution in [0.2, 0.25) is 0 Å². The highest BCUT2D eigenvalue weighted by molar-refractivity contribution is 5.96. The van der Waals surface area contributed by atoms with Gasteiger partial charge in [0.1, 0.15) is 11.8 Å². The molecule has 24 heavy (non-hydrogen) atoms. The second-order valence-corrected chi connectivity index (χ2v) is 5.34. The number of nitro benzene ring substituents is 1. The van der Waals surface area contributed by atoms with Crippen molar-refractivity contribution in [1.82, 2.24) is 0 Å². The molecular formula is C17H19N3O4. The highest BCUT2D eigenvalue weighted by atomic mass is 16.6. The lowest BCUT2D eigenvalue weighted by Gasteiger charge is -2.16. The maximum Gasteiger partial charge on any atom is 0.269 e. The van der Waals surface area contributed by atoms with Gasteiger partial charge in [0.25, 0.3) is 5.69 Å². The van der Waals surface area contributed by atoms with Crippen molar-refractivity contribution < 1.29 is 14.5 Å². The molecule has 126 valence electrons. The minimum absolute atomic E-state index is 0.0205. The zero-order chi connectivity index (χ0) is 17.7. The molecular weight excluding hydrogens is 310 g/mol. The number of carbonyl (C=O) groups excluding carboxylic acids is 1. The zero-order valence-electron chi connectivity index (χ0n) is 13.7. The molecule has 1 atom stereocenters. The van der Waals surface area contributed by atoms with Gasteiger partial charge >= 0.3 is 0 Å². The van der Waals surface area contributed by atoms with Gasteiger partial charge in [0.2, 0.25) is 5.91 Å². The number of nitrogens with zero attached hydrogens (tertiary/aromatic N) is 1. The highest BCUT2D eigenvalue weighted by Gasteiger charge is 2.14. The Morgan fingerprint density at radius 2 is 1.79 bits per heavy atom. The van der Waals surface area contributed by atoms with Crippen LogP contribution in [0.4, 0.5) is 17.1 Å². The summed E-state index contributed by atoms with van der Waals surface area (Å²) in [6.45, 7) is 3.66. The number of amides is 1. The number of rotatable bonds is 6. The maximum atomic E-state index is 12.2. The summed E-state index contributed by atoms with van der Waals surface area (Å²) in [6, 6.07) is 10.8. The molecule has 0 heterocycles. The van der Waals surface area contributed by atoms with E-state index < -0.39 is 11.0 Å². The number of non-ortho nitro benzene ring substituents is 1. The molecule has 7 heteroatoms. The van der Waals surface area contributed by atoms with E-state index in [2.05, 4.69) is 10.6 Å². The molecule has 2 aromatic rings. The minimum atomic E-state index is -0.484. The maximum absolute atomic E-state index is 12.2. The SMILES string of the molecule is COc1ccc(NC(C)C(=O)Nc2ccc([N+](=O)[O-])cc2)cc1C. The molecule has 1 unspecified atom stereocenters. The van der Waals surface area contributed by atoms with Crippen LogP contribution in [0.3, 0.4) is 0 Å². The van der Waals surface area contributed by atoms with Crippen LogP contribution in [0.1, 0.15) is 12.5 Å². The van der Waals surface area contributed by atoms with Gasteiger partial charge in [-0.2, -0.15) is 0 Å². The highest BCUT2D eigenvalue weighted by Crippen LogP contribution is 2.22. The molecule has 1 amide bonds. The van der Waals surface area contributed by atoms with Crippen LogP contribution < -0.4 is 15.4 Å². The van der Waals surface area contributed by atoms with Gasteiger partial charge in [-0.1, -0.05) is 0 Å². The van der Waals surface area contributed by atoms with Crippen molar-refractivity contribution in [3.05, 3.63) is 58.1 Å². The fourth-order valence-electron chi connectivity index (χ4n) is 2.20. The first-order valence-electron chi connectivity index (χ1n) is 7.37. The van der Waals surface area contributed by atoms with Crippen molar-refractivity contribution >= 4 is 23.0 Å². The predicted molar refractivity (Wildman–Crippen MR) is 92.5 cm³/mol. The summed E-state index contributed by atoms with van der Waals surface area (Å²) in [5.74, 6) is 0.542. The number of methoxy groups -OCH3 is 1. The van der Waals surface area contributed by atoms with E-state index in [1.54, 1.807) is 14.0 Å². The Kier molecular flexibility index (Phi) is 5.36. The summed E-state index contributed by atoms with van der Waals surface area (Å²) >= 11 is 0. The third-order valence-corrected chi connectivity index (χ3v) is 3.52. The zero-order valence-corrected chi connectivity index (χ0v) is 13.7. The summed E-state index contributed by atoms with van der Waals surface area (Å²) in [6.07, 6.45) is 0. The van der Waals surface area contributed by atoms with Gasteiger partial charge in [0.05, 0.1) is 12.0 Å². The van der Waals surface area contributed by atoms with Crippen LogP contribution in [0.5, 0.6) is 5.75 Å². The number of hydrogen-bond donors (Lipinski definition) is 2. The van der Waals surface area contributed by atoms with E-state index in [4.69, 9.17) is 4.74 Å². The third-order valence-electron chi connectivity index (χ3n) is 3.52. The quantitative estimate of drug-likeness (QED) is 0.626. The summed E-state index contributed by atoms with van der Waals surface area (Å²) in [5, 5.41) is 16.4. The molecule has 0 radical (unpaired) electrons. The van der Waals surface area contributed by atoms with Crippen LogP contribution in [-0.4, -0.2) is 24.0 Å². The lowest BCUT2D eigenvalue weighted by atomic mass is 10.2. The monoisotopic (exact) mass is 329 g/mol. The fraction of sp³-hybridized carbons (Fsp3) is 0.235. The Morgan fingerprint density at radius 3 is 2.33 bits per heavy atom. The van der Waals surface area contributed by atoms with Crippen LogP contribution in [0.25, 0.3) is 0 Å². The molecule has 2 N–H and O–H groups in total. The summed E-state index contributed by atoms with van der Waals surface area (Å²) < 4.78 is 5.20. The van der Waals surface area contributed by atoms with Crippen LogP contribution in [-0.2, 0) is 4.79 Å². The minimum Gasteiger partial charge on any atom is -0.496 e. The molecule has 2 aromatic carbocycles. The Bertz CT molecular complexity index is 744. The van der Waals surface area contributed by atoms with Crippen molar-refractivity contribution in [2.75, 3.05) is 17.7 Å². The number of hydrogen-bond acceptors (Lipinski definition) is 5. The van der Waals surface area contributed by atoms with E-state index in [1.807, 2.05) is 25.1 Å². The molecule has 0 aliphatic carbocycles. The Labute approximate surface area is 139 Å². The van der Waals surface area contributed by atoms with Gasteiger partial charge in [0.15, 0.2) is 0 Å². The van der Waals surface area contributed by atoms with Crippen LogP contribution >= 0.6 is 0 Å². The van der Waals surface area contributed by atoms with E-state index in [-0.39, 0.29) is 11.6 Å². The number of carbonyl (C=O) groups is 1. The summed E-state index contributed by atoms with van der Waals surface area (Å²) in [7, 11) is 1.61. The lowest BCUT2D eigenvalue weighted by molar-refractivity contribution is -0.384. The van der Waals surface area contributed by atoms with Crippen molar-refractivity contribution in [1.29, 1.82) is 0 Å². The number of nitrogens with one attached hydrogen (secondary N) is 2. The number of anilines is 2. The molecule has 0 saturated carbocycles. The second-order valence-electron chi connectivity index (χ2n) is 5.34. The number of aryl methyl sites for hydroxylation is 1.